The van der Waals surface area contributed by atoms with Gasteiger partial charge in [-0.2, -0.15) is 0 Å². The largest absolute Gasteiger partial charge is 0.366 e. The normalized spacial score (nSPS) is 10.9. The molecule has 3 rings (SSSR count). The second-order valence-corrected chi connectivity index (χ2v) is 8.95. The summed E-state index contributed by atoms with van der Waals surface area (Å²) in [4.78, 5) is 24.1. The average Bonchev–Trinajstić information content (AvgIpc) is 3.21. The van der Waals surface area contributed by atoms with Crippen molar-refractivity contribution in [2.45, 2.75) is 4.90 Å². The number of hydrogen-bond acceptors (Lipinski definition) is 5. The van der Waals surface area contributed by atoms with E-state index in [-0.39, 0.29) is 22.6 Å². The van der Waals surface area contributed by atoms with Crippen molar-refractivity contribution in [2.75, 3.05) is 16.2 Å². The van der Waals surface area contributed by atoms with Crippen molar-refractivity contribution in [3.8, 4) is 0 Å². The van der Waals surface area contributed by atoms with Crippen molar-refractivity contribution in [1.29, 1.82) is 0 Å². The number of hydrogen-bond donors (Lipinski definition) is 2. The molecule has 154 valence electrons. The summed E-state index contributed by atoms with van der Waals surface area (Å²) in [5.41, 5.74) is 6.10. The maximum atomic E-state index is 13.2. The van der Waals surface area contributed by atoms with Crippen LogP contribution in [0.4, 0.5) is 10.7 Å². The summed E-state index contributed by atoms with van der Waals surface area (Å²) < 4.78 is 27.7. The molecule has 0 spiro atoms. The smallest absolute Gasteiger partial charge is 0.264 e. The molecule has 7 nitrogen and oxygen atoms in total. The minimum atomic E-state index is -3.95. The predicted octanol–water partition coefficient (Wildman–Crippen LogP) is 3.48. The molecule has 9 heteroatoms. The number of primary amides is 1. The zero-order chi connectivity index (χ0) is 21.7. The highest BCUT2D eigenvalue weighted by Crippen LogP contribution is 2.26. The zero-order valence-electron chi connectivity index (χ0n) is 15.8. The lowest BCUT2D eigenvalue weighted by molar-refractivity contribution is 0.100. The van der Waals surface area contributed by atoms with Crippen molar-refractivity contribution in [3.63, 3.8) is 0 Å². The number of amides is 2. The van der Waals surface area contributed by atoms with Crippen LogP contribution in [-0.2, 0) is 10.0 Å². The van der Waals surface area contributed by atoms with Crippen LogP contribution < -0.4 is 15.4 Å². The van der Waals surface area contributed by atoms with Gasteiger partial charge in [0.15, 0.2) is 0 Å². The van der Waals surface area contributed by atoms with E-state index in [2.05, 4.69) is 11.9 Å². The Balaban J connectivity index is 1.93. The van der Waals surface area contributed by atoms with Gasteiger partial charge in [0.05, 0.1) is 22.7 Å². The van der Waals surface area contributed by atoms with Gasteiger partial charge in [-0.15, -0.1) is 17.9 Å². The number of carbonyl (C=O) groups excluding carboxylic acids is 2. The third-order valence-electron chi connectivity index (χ3n) is 4.18. The van der Waals surface area contributed by atoms with Gasteiger partial charge in [0.1, 0.15) is 5.00 Å². The van der Waals surface area contributed by atoms with Crippen LogP contribution in [0.1, 0.15) is 20.7 Å². The van der Waals surface area contributed by atoms with E-state index in [0.29, 0.717) is 10.7 Å². The molecule has 0 unspecified atom stereocenters. The van der Waals surface area contributed by atoms with Gasteiger partial charge in [0.25, 0.3) is 21.8 Å². The van der Waals surface area contributed by atoms with Crippen LogP contribution in [0.5, 0.6) is 0 Å². The number of rotatable bonds is 8. The summed E-state index contributed by atoms with van der Waals surface area (Å²) >= 11 is 1.15. The first-order valence-electron chi connectivity index (χ1n) is 8.82. The molecule has 30 heavy (non-hydrogen) atoms. The first-order valence-corrected chi connectivity index (χ1v) is 11.1. The number of nitrogens with one attached hydrogen (secondary N) is 1. The number of nitrogens with zero attached hydrogens (tertiary/aromatic N) is 1. The summed E-state index contributed by atoms with van der Waals surface area (Å²) in [6.45, 7) is 3.71. The maximum absolute atomic E-state index is 13.2. The Morgan fingerprint density at radius 3 is 2.50 bits per heavy atom. The number of benzene rings is 2. The van der Waals surface area contributed by atoms with Crippen LogP contribution in [0.15, 0.2) is 83.6 Å². The van der Waals surface area contributed by atoms with E-state index in [1.807, 2.05) is 0 Å². The monoisotopic (exact) mass is 441 g/mol. The minimum absolute atomic E-state index is 0.0397. The summed E-state index contributed by atoms with van der Waals surface area (Å²) in [6, 6.07) is 15.8. The highest BCUT2D eigenvalue weighted by molar-refractivity contribution is 7.92. The topological polar surface area (TPSA) is 110 Å². The molecule has 0 aliphatic heterocycles. The van der Waals surface area contributed by atoms with E-state index in [9.17, 15) is 18.0 Å². The van der Waals surface area contributed by atoms with Crippen LogP contribution in [0.3, 0.4) is 0 Å². The van der Waals surface area contributed by atoms with Gasteiger partial charge < -0.3 is 11.1 Å². The lowest BCUT2D eigenvalue weighted by atomic mass is 10.2. The van der Waals surface area contributed by atoms with Gasteiger partial charge in [-0.05, 0) is 41.8 Å². The Hall–Kier alpha value is -3.43. The standard InChI is InChI=1S/C21H19N3O4S2/c1-2-12-24(16-8-4-3-5-9-16)30(27,28)17-10-6-7-15(14-17)20(26)23-21-18(19(22)25)11-13-29-21/h2-11,13-14H,1,12H2,(H2,22,25)(H,23,26). The molecular weight excluding hydrogens is 422 g/mol. The quantitative estimate of drug-likeness (QED) is 0.522. The van der Waals surface area contributed by atoms with E-state index in [0.717, 1.165) is 11.3 Å². The Morgan fingerprint density at radius 1 is 1.10 bits per heavy atom. The molecule has 0 aliphatic carbocycles. The fourth-order valence-electron chi connectivity index (χ4n) is 2.75. The molecule has 0 saturated heterocycles. The number of anilines is 2. The highest BCUT2D eigenvalue weighted by atomic mass is 32.2. The molecule has 0 bridgehead atoms. The Labute approximate surface area is 178 Å². The van der Waals surface area contributed by atoms with E-state index < -0.39 is 21.8 Å². The number of thiophene rings is 1. The Kier molecular flexibility index (Phi) is 6.34. The molecule has 0 saturated carbocycles. The lowest BCUT2D eigenvalue weighted by Crippen LogP contribution is -2.31. The molecule has 3 aromatic rings. The summed E-state index contributed by atoms with van der Waals surface area (Å²) in [5, 5.41) is 4.54. The van der Waals surface area contributed by atoms with E-state index in [1.54, 1.807) is 35.7 Å². The molecule has 1 aromatic heterocycles. The van der Waals surface area contributed by atoms with Crippen molar-refractivity contribution in [3.05, 3.63) is 89.8 Å². The van der Waals surface area contributed by atoms with E-state index in [1.165, 1.54) is 40.7 Å². The second kappa shape index (κ2) is 8.93. The van der Waals surface area contributed by atoms with E-state index in [4.69, 9.17) is 5.73 Å². The fraction of sp³-hybridized carbons (Fsp3) is 0.0476. The van der Waals surface area contributed by atoms with Gasteiger partial charge in [-0.1, -0.05) is 30.3 Å². The average molecular weight is 442 g/mol. The molecule has 0 aliphatic rings. The molecular formula is C21H19N3O4S2. The SMILES string of the molecule is C=CCN(c1ccccc1)S(=O)(=O)c1cccc(C(=O)Nc2sccc2C(N)=O)c1. The molecule has 0 atom stereocenters. The number of carbonyl (C=O) groups is 2. The molecule has 3 N–H and O–H groups in total. The third kappa shape index (κ3) is 4.42. The highest BCUT2D eigenvalue weighted by Gasteiger charge is 2.25. The maximum Gasteiger partial charge on any atom is 0.264 e. The predicted molar refractivity (Wildman–Crippen MR) is 118 cm³/mol. The summed E-state index contributed by atoms with van der Waals surface area (Å²) in [6.07, 6.45) is 1.49. The molecule has 0 fully saturated rings. The van der Waals surface area contributed by atoms with Gasteiger partial charge in [0, 0.05) is 5.56 Å². The number of nitrogens with two attached hydrogens (primary N) is 1. The molecule has 1 heterocycles. The summed E-state index contributed by atoms with van der Waals surface area (Å²) in [5.74, 6) is -1.21. The second-order valence-electron chi connectivity index (χ2n) is 6.17. The lowest BCUT2D eigenvalue weighted by Gasteiger charge is -2.23. The van der Waals surface area contributed by atoms with Crippen molar-refractivity contribution in [2.24, 2.45) is 5.73 Å². The van der Waals surface area contributed by atoms with Gasteiger partial charge in [0.2, 0.25) is 0 Å². The van der Waals surface area contributed by atoms with Crippen LogP contribution in [-0.4, -0.2) is 26.8 Å². The van der Waals surface area contributed by atoms with Crippen LogP contribution >= 0.6 is 11.3 Å². The van der Waals surface area contributed by atoms with Crippen LogP contribution in [0, 0.1) is 0 Å². The van der Waals surface area contributed by atoms with Gasteiger partial charge in [-0.25, -0.2) is 8.42 Å². The number of para-hydroxylation sites is 1. The Morgan fingerprint density at radius 2 is 1.83 bits per heavy atom. The molecule has 2 aromatic carbocycles. The van der Waals surface area contributed by atoms with Crippen LogP contribution in [0.2, 0.25) is 0 Å². The van der Waals surface area contributed by atoms with Crippen LogP contribution in [0.25, 0.3) is 0 Å². The van der Waals surface area contributed by atoms with E-state index >= 15 is 0 Å². The van der Waals surface area contributed by atoms with Gasteiger partial charge in [-0.3, -0.25) is 13.9 Å². The van der Waals surface area contributed by atoms with Gasteiger partial charge >= 0.3 is 0 Å². The molecule has 0 radical (unpaired) electrons. The third-order valence-corrected chi connectivity index (χ3v) is 6.80. The molecule has 2 amide bonds. The minimum Gasteiger partial charge on any atom is -0.366 e. The van der Waals surface area contributed by atoms with Crippen molar-refractivity contribution >= 4 is 43.9 Å². The first-order chi connectivity index (χ1) is 14.3. The number of sulfonamides is 1. The zero-order valence-corrected chi connectivity index (χ0v) is 17.4. The first kappa shape index (κ1) is 21.3. The summed E-state index contributed by atoms with van der Waals surface area (Å²) in [7, 11) is -3.95. The fourth-order valence-corrected chi connectivity index (χ4v) is 5.02. The Bertz CT molecular complexity index is 1190. The van der Waals surface area contributed by atoms with Crippen molar-refractivity contribution in [1.82, 2.24) is 0 Å². The van der Waals surface area contributed by atoms with Crippen molar-refractivity contribution < 1.29 is 18.0 Å².